The van der Waals surface area contributed by atoms with E-state index in [0.29, 0.717) is 6.04 Å². The van der Waals surface area contributed by atoms with Gasteiger partial charge in [-0.1, -0.05) is 35.5 Å². The van der Waals surface area contributed by atoms with Gasteiger partial charge in [-0.05, 0) is 12.8 Å². The van der Waals surface area contributed by atoms with Crippen molar-refractivity contribution in [2.45, 2.75) is 25.4 Å². The Labute approximate surface area is 113 Å². The van der Waals surface area contributed by atoms with Gasteiger partial charge in [0, 0.05) is 30.8 Å². The minimum Gasteiger partial charge on any atom is -0.359 e. The van der Waals surface area contributed by atoms with Gasteiger partial charge in [0.1, 0.15) is 5.69 Å². The van der Waals surface area contributed by atoms with Gasteiger partial charge >= 0.3 is 0 Å². The summed E-state index contributed by atoms with van der Waals surface area (Å²) in [6, 6.07) is 12.5. The van der Waals surface area contributed by atoms with E-state index in [1.54, 1.807) is 0 Å². The van der Waals surface area contributed by atoms with Crippen molar-refractivity contribution in [3.63, 3.8) is 0 Å². The molecule has 0 unspecified atom stereocenters. The van der Waals surface area contributed by atoms with E-state index in [4.69, 9.17) is 10.3 Å². The van der Waals surface area contributed by atoms with E-state index < -0.39 is 0 Å². The van der Waals surface area contributed by atoms with Crippen molar-refractivity contribution in [2.75, 3.05) is 13.1 Å². The lowest BCUT2D eigenvalue weighted by Crippen LogP contribution is -2.39. The molecule has 0 aliphatic carbocycles. The van der Waals surface area contributed by atoms with Gasteiger partial charge in [-0.3, -0.25) is 4.90 Å². The van der Waals surface area contributed by atoms with Gasteiger partial charge in [-0.25, -0.2) is 0 Å². The first-order chi connectivity index (χ1) is 9.31. The molecular formula is C15H19N3O. The third kappa shape index (κ3) is 3.03. The van der Waals surface area contributed by atoms with Crippen LogP contribution in [0.3, 0.4) is 0 Å². The van der Waals surface area contributed by atoms with E-state index in [2.05, 4.69) is 10.1 Å². The lowest BCUT2D eigenvalue weighted by Gasteiger charge is -2.28. The lowest BCUT2D eigenvalue weighted by molar-refractivity contribution is 0.185. The Morgan fingerprint density at radius 1 is 1.21 bits per heavy atom. The van der Waals surface area contributed by atoms with Crippen LogP contribution in [0.15, 0.2) is 40.9 Å². The average molecular weight is 257 g/mol. The third-order valence-electron chi connectivity index (χ3n) is 3.64. The Morgan fingerprint density at radius 2 is 1.95 bits per heavy atom. The van der Waals surface area contributed by atoms with Crippen molar-refractivity contribution in [1.82, 2.24) is 10.1 Å². The summed E-state index contributed by atoms with van der Waals surface area (Å²) >= 11 is 0. The van der Waals surface area contributed by atoms with Crippen LogP contribution in [0.2, 0.25) is 0 Å². The smallest absolute Gasteiger partial charge is 0.151 e. The minimum absolute atomic E-state index is 0.367. The molecule has 19 heavy (non-hydrogen) atoms. The van der Waals surface area contributed by atoms with Crippen LogP contribution < -0.4 is 5.73 Å². The van der Waals surface area contributed by atoms with Crippen molar-refractivity contribution >= 4 is 0 Å². The Hall–Kier alpha value is -1.65. The predicted octanol–water partition coefficient (Wildman–Crippen LogP) is 2.26. The summed E-state index contributed by atoms with van der Waals surface area (Å²) in [6.07, 6.45) is 2.14. The van der Waals surface area contributed by atoms with Crippen LogP contribution in [0, 0.1) is 0 Å². The molecule has 0 spiro atoms. The normalized spacial score (nSPS) is 17.7. The van der Waals surface area contributed by atoms with Crippen LogP contribution in [0.25, 0.3) is 11.3 Å². The quantitative estimate of drug-likeness (QED) is 0.916. The highest BCUT2D eigenvalue weighted by atomic mass is 16.5. The van der Waals surface area contributed by atoms with Crippen molar-refractivity contribution in [3.05, 3.63) is 42.2 Å². The van der Waals surface area contributed by atoms with Gasteiger partial charge in [0.15, 0.2) is 5.76 Å². The monoisotopic (exact) mass is 257 g/mol. The third-order valence-corrected chi connectivity index (χ3v) is 3.64. The average Bonchev–Trinajstić information content (AvgIpc) is 2.91. The van der Waals surface area contributed by atoms with Gasteiger partial charge in [-0.15, -0.1) is 0 Å². The van der Waals surface area contributed by atoms with Crippen molar-refractivity contribution < 1.29 is 4.52 Å². The summed E-state index contributed by atoms with van der Waals surface area (Å²) in [4.78, 5) is 2.37. The number of benzene rings is 1. The molecule has 4 nitrogen and oxygen atoms in total. The Balaban J connectivity index is 1.65. The second-order valence-corrected chi connectivity index (χ2v) is 5.16. The summed E-state index contributed by atoms with van der Waals surface area (Å²) in [6.45, 7) is 2.91. The maximum Gasteiger partial charge on any atom is 0.151 e. The largest absolute Gasteiger partial charge is 0.359 e. The number of hydrogen-bond acceptors (Lipinski definition) is 4. The number of piperidine rings is 1. The maximum absolute atomic E-state index is 5.91. The molecule has 1 aliphatic heterocycles. The molecule has 4 heteroatoms. The van der Waals surface area contributed by atoms with E-state index in [0.717, 1.165) is 49.5 Å². The lowest BCUT2D eigenvalue weighted by atomic mass is 10.1. The molecule has 1 saturated heterocycles. The number of aromatic nitrogens is 1. The molecule has 100 valence electrons. The summed E-state index contributed by atoms with van der Waals surface area (Å²) < 4.78 is 5.43. The minimum atomic E-state index is 0.367. The molecule has 0 amide bonds. The molecule has 0 atom stereocenters. The first-order valence-corrected chi connectivity index (χ1v) is 6.80. The number of likely N-dealkylation sites (tertiary alicyclic amines) is 1. The van der Waals surface area contributed by atoms with Gasteiger partial charge in [0.25, 0.3) is 0 Å². The highest BCUT2D eigenvalue weighted by molar-refractivity contribution is 5.58. The number of nitrogens with two attached hydrogens (primary N) is 1. The Morgan fingerprint density at radius 3 is 2.68 bits per heavy atom. The second-order valence-electron chi connectivity index (χ2n) is 5.16. The maximum atomic E-state index is 5.91. The molecule has 2 heterocycles. The Bertz CT molecular complexity index is 515. The van der Waals surface area contributed by atoms with Crippen LogP contribution in [0.4, 0.5) is 0 Å². The molecule has 2 aromatic rings. The number of rotatable bonds is 3. The van der Waals surface area contributed by atoms with Crippen LogP contribution in [0.1, 0.15) is 18.6 Å². The first kappa shape index (κ1) is 12.4. The SMILES string of the molecule is NC1CCN(Cc2cc(-c3ccccc3)no2)CC1. The van der Waals surface area contributed by atoms with Crippen molar-refractivity contribution in [1.29, 1.82) is 0 Å². The standard InChI is InChI=1S/C15H19N3O/c16-13-6-8-18(9-7-13)11-14-10-15(17-19-14)12-4-2-1-3-5-12/h1-5,10,13H,6-9,11,16H2. The van der Waals surface area contributed by atoms with Crippen LogP contribution in [0.5, 0.6) is 0 Å². The molecule has 1 aromatic heterocycles. The predicted molar refractivity (Wildman–Crippen MR) is 74.4 cm³/mol. The van der Waals surface area contributed by atoms with E-state index >= 15 is 0 Å². The molecule has 0 saturated carbocycles. The van der Waals surface area contributed by atoms with Crippen molar-refractivity contribution in [3.8, 4) is 11.3 Å². The zero-order valence-electron chi connectivity index (χ0n) is 11.0. The fraction of sp³-hybridized carbons (Fsp3) is 0.400. The van der Waals surface area contributed by atoms with E-state index in [9.17, 15) is 0 Å². The fourth-order valence-electron chi connectivity index (χ4n) is 2.46. The first-order valence-electron chi connectivity index (χ1n) is 6.80. The second kappa shape index (κ2) is 5.55. The molecule has 0 bridgehead atoms. The molecule has 3 rings (SSSR count). The topological polar surface area (TPSA) is 55.3 Å². The summed E-state index contributed by atoms with van der Waals surface area (Å²) in [7, 11) is 0. The van der Waals surface area contributed by atoms with Gasteiger partial charge in [-0.2, -0.15) is 0 Å². The van der Waals surface area contributed by atoms with Crippen LogP contribution in [-0.2, 0) is 6.54 Å². The Kier molecular flexibility index (Phi) is 3.62. The molecule has 1 aliphatic rings. The zero-order valence-corrected chi connectivity index (χ0v) is 11.0. The van der Waals surface area contributed by atoms with Gasteiger partial charge in [0.2, 0.25) is 0 Å². The van der Waals surface area contributed by atoms with Crippen molar-refractivity contribution in [2.24, 2.45) is 5.73 Å². The van der Waals surface area contributed by atoms with E-state index in [1.807, 2.05) is 36.4 Å². The molecular weight excluding hydrogens is 238 g/mol. The molecule has 2 N–H and O–H groups in total. The summed E-state index contributed by atoms with van der Waals surface area (Å²) in [5.41, 5.74) is 7.91. The zero-order chi connectivity index (χ0) is 13.1. The highest BCUT2D eigenvalue weighted by Crippen LogP contribution is 2.20. The fourth-order valence-corrected chi connectivity index (χ4v) is 2.46. The molecule has 0 radical (unpaired) electrons. The number of nitrogens with zero attached hydrogens (tertiary/aromatic N) is 2. The summed E-state index contributed by atoms with van der Waals surface area (Å²) in [5.74, 6) is 0.925. The van der Waals surface area contributed by atoms with Crippen LogP contribution in [-0.4, -0.2) is 29.2 Å². The van der Waals surface area contributed by atoms with E-state index in [-0.39, 0.29) is 0 Å². The summed E-state index contributed by atoms with van der Waals surface area (Å²) in [5, 5.41) is 4.14. The van der Waals surface area contributed by atoms with E-state index in [1.165, 1.54) is 0 Å². The van der Waals surface area contributed by atoms with Gasteiger partial charge < -0.3 is 10.3 Å². The molecule has 1 fully saturated rings. The van der Waals surface area contributed by atoms with Gasteiger partial charge in [0.05, 0.1) is 6.54 Å². The van der Waals surface area contributed by atoms with Crippen LogP contribution >= 0.6 is 0 Å². The highest BCUT2D eigenvalue weighted by Gasteiger charge is 2.17. The number of hydrogen-bond donors (Lipinski definition) is 1. The molecule has 1 aromatic carbocycles.